The molecule has 0 aliphatic rings. The molecule has 1 aromatic carbocycles. The van der Waals surface area contributed by atoms with Crippen molar-refractivity contribution in [1.29, 1.82) is 0 Å². The van der Waals surface area contributed by atoms with Crippen LogP contribution in [0.25, 0.3) is 0 Å². The lowest BCUT2D eigenvalue weighted by Gasteiger charge is -2.09. The summed E-state index contributed by atoms with van der Waals surface area (Å²) in [6.45, 7) is 10.6. The van der Waals surface area contributed by atoms with E-state index in [-0.39, 0.29) is 13.0 Å². The van der Waals surface area contributed by atoms with E-state index in [1.807, 2.05) is 18.2 Å². The molecule has 3 N–H and O–H groups in total. The molecule has 0 heterocycles. The standard InChI is InChI=1S/C31H55NO14/c32-29-3-1-2-4-30(29)46-28-27-45-26-25-44-24-23-43-22-21-42-20-19-41-18-17-40-16-15-39-14-13-38-12-11-37-10-9-36-8-7-35-6-5-31(33)34/h1-4H,5-28,32H2,(H,33,34). The van der Waals surface area contributed by atoms with E-state index in [1.165, 1.54) is 0 Å². The quantitative estimate of drug-likeness (QED) is 0.0768. The fourth-order valence-electron chi connectivity index (χ4n) is 3.28. The third kappa shape index (κ3) is 30.5. The van der Waals surface area contributed by atoms with Gasteiger partial charge in [-0.05, 0) is 12.1 Å². The number of benzene rings is 1. The molecule has 1 aromatic rings. The molecule has 46 heavy (non-hydrogen) atoms. The van der Waals surface area contributed by atoms with E-state index in [2.05, 4.69) is 0 Å². The number of para-hydroxylation sites is 2. The molecule has 0 aliphatic carbocycles. The van der Waals surface area contributed by atoms with Crippen molar-refractivity contribution in [2.24, 2.45) is 0 Å². The molecule has 1 rings (SSSR count). The van der Waals surface area contributed by atoms with E-state index in [0.717, 1.165) is 0 Å². The van der Waals surface area contributed by atoms with Gasteiger partial charge < -0.3 is 67.7 Å². The van der Waals surface area contributed by atoms with Crippen LogP contribution >= 0.6 is 0 Å². The number of nitrogens with two attached hydrogens (primary N) is 1. The molecule has 0 unspecified atom stereocenters. The highest BCUT2D eigenvalue weighted by Crippen LogP contribution is 2.19. The van der Waals surface area contributed by atoms with Crippen molar-refractivity contribution in [3.63, 3.8) is 0 Å². The number of hydrogen-bond acceptors (Lipinski definition) is 14. The molecule has 0 radical (unpaired) electrons. The Balaban J connectivity index is 1.63. The summed E-state index contributed by atoms with van der Waals surface area (Å²) in [4.78, 5) is 10.3. The summed E-state index contributed by atoms with van der Waals surface area (Å²) < 4.78 is 65.1. The minimum atomic E-state index is -0.875. The van der Waals surface area contributed by atoms with Crippen molar-refractivity contribution >= 4 is 11.7 Å². The molecule has 268 valence electrons. The number of carbonyl (C=O) groups is 1. The lowest BCUT2D eigenvalue weighted by Crippen LogP contribution is -2.15. The normalized spacial score (nSPS) is 11.3. The first-order valence-corrected chi connectivity index (χ1v) is 15.7. The van der Waals surface area contributed by atoms with Gasteiger partial charge in [-0.1, -0.05) is 12.1 Å². The Bertz CT molecular complexity index is 791. The Hall–Kier alpha value is -2.15. The van der Waals surface area contributed by atoms with Crippen LogP contribution in [0.1, 0.15) is 6.42 Å². The van der Waals surface area contributed by atoms with E-state index in [4.69, 9.17) is 67.7 Å². The highest BCUT2D eigenvalue weighted by molar-refractivity contribution is 5.66. The second-order valence-corrected chi connectivity index (χ2v) is 9.27. The molecule has 0 saturated heterocycles. The van der Waals surface area contributed by atoms with Crippen LogP contribution in [0.4, 0.5) is 5.69 Å². The van der Waals surface area contributed by atoms with E-state index >= 15 is 0 Å². The molecular weight excluding hydrogens is 610 g/mol. The van der Waals surface area contributed by atoms with Gasteiger partial charge in [-0.25, -0.2) is 0 Å². The topological polar surface area (TPSA) is 174 Å². The number of aliphatic carboxylic acids is 1. The third-order valence-electron chi connectivity index (χ3n) is 5.58. The number of hydrogen-bond donors (Lipinski definition) is 2. The van der Waals surface area contributed by atoms with Gasteiger partial charge >= 0.3 is 5.97 Å². The lowest BCUT2D eigenvalue weighted by molar-refractivity contribution is -0.138. The minimum Gasteiger partial charge on any atom is -0.489 e. The van der Waals surface area contributed by atoms with Gasteiger partial charge in [0.05, 0.1) is 157 Å². The van der Waals surface area contributed by atoms with Gasteiger partial charge in [0.2, 0.25) is 0 Å². The predicted octanol–water partition coefficient (Wildman–Crippen LogP) is 1.30. The summed E-state index contributed by atoms with van der Waals surface area (Å²) in [5.74, 6) is -0.212. The second-order valence-electron chi connectivity index (χ2n) is 9.27. The number of carboxylic acids is 1. The van der Waals surface area contributed by atoms with Gasteiger partial charge in [0.25, 0.3) is 0 Å². The molecule has 0 aliphatic heterocycles. The summed E-state index contributed by atoms with van der Waals surface area (Å²) >= 11 is 0. The highest BCUT2D eigenvalue weighted by Gasteiger charge is 1.99. The highest BCUT2D eigenvalue weighted by atomic mass is 16.6. The number of anilines is 1. The number of rotatable bonds is 37. The third-order valence-corrected chi connectivity index (χ3v) is 5.58. The van der Waals surface area contributed by atoms with Gasteiger partial charge in [-0.15, -0.1) is 0 Å². The Morgan fingerprint density at radius 3 is 0.978 bits per heavy atom. The molecule has 0 fully saturated rings. The van der Waals surface area contributed by atoms with Crippen LogP contribution in [0.5, 0.6) is 5.75 Å². The van der Waals surface area contributed by atoms with Crippen molar-refractivity contribution in [2.75, 3.05) is 158 Å². The average Bonchev–Trinajstić information content (AvgIpc) is 3.05. The Morgan fingerprint density at radius 2 is 0.696 bits per heavy atom. The van der Waals surface area contributed by atoms with E-state index in [9.17, 15) is 4.79 Å². The fourth-order valence-corrected chi connectivity index (χ4v) is 3.28. The van der Waals surface area contributed by atoms with Gasteiger partial charge in [-0.2, -0.15) is 0 Å². The van der Waals surface area contributed by atoms with Crippen LogP contribution in [0, 0.1) is 0 Å². The lowest BCUT2D eigenvalue weighted by atomic mass is 10.3. The van der Waals surface area contributed by atoms with Crippen molar-refractivity contribution in [3.05, 3.63) is 24.3 Å². The summed E-state index contributed by atoms with van der Waals surface area (Å²) in [5, 5.41) is 8.48. The van der Waals surface area contributed by atoms with Crippen molar-refractivity contribution in [3.8, 4) is 5.75 Å². The maximum absolute atomic E-state index is 10.3. The van der Waals surface area contributed by atoms with Gasteiger partial charge in [0, 0.05) is 0 Å². The van der Waals surface area contributed by atoms with Crippen LogP contribution in [0.3, 0.4) is 0 Å². The zero-order chi connectivity index (χ0) is 33.0. The van der Waals surface area contributed by atoms with Crippen molar-refractivity contribution in [1.82, 2.24) is 0 Å². The second kappa shape index (κ2) is 34.2. The molecule has 0 spiro atoms. The van der Waals surface area contributed by atoms with E-state index < -0.39 is 5.97 Å². The molecular formula is C31H55NO14. The Kier molecular flexibility index (Phi) is 31.1. The summed E-state index contributed by atoms with van der Waals surface area (Å²) in [6.07, 6.45) is -0.00375. The monoisotopic (exact) mass is 665 g/mol. The molecule has 0 atom stereocenters. The zero-order valence-electron chi connectivity index (χ0n) is 27.1. The maximum Gasteiger partial charge on any atom is 0.305 e. The molecule has 0 bridgehead atoms. The van der Waals surface area contributed by atoms with Crippen LogP contribution in [-0.2, 0) is 56.9 Å². The van der Waals surface area contributed by atoms with Gasteiger partial charge in [0.15, 0.2) is 0 Å². The van der Waals surface area contributed by atoms with Gasteiger partial charge in [-0.3, -0.25) is 4.79 Å². The molecule has 0 aromatic heterocycles. The average molecular weight is 666 g/mol. The van der Waals surface area contributed by atoms with Crippen molar-refractivity contribution in [2.45, 2.75) is 6.42 Å². The van der Waals surface area contributed by atoms with E-state index in [0.29, 0.717) is 157 Å². The smallest absolute Gasteiger partial charge is 0.305 e. The zero-order valence-corrected chi connectivity index (χ0v) is 27.1. The number of ether oxygens (including phenoxy) is 12. The Labute approximate surface area is 272 Å². The largest absolute Gasteiger partial charge is 0.489 e. The first-order chi connectivity index (χ1) is 22.7. The fraction of sp³-hybridized carbons (Fsp3) is 0.774. The molecule has 0 amide bonds. The molecule has 15 heteroatoms. The van der Waals surface area contributed by atoms with E-state index in [1.54, 1.807) is 6.07 Å². The molecule has 0 saturated carbocycles. The summed E-state index contributed by atoms with van der Waals surface area (Å²) in [6, 6.07) is 7.36. The summed E-state index contributed by atoms with van der Waals surface area (Å²) in [5.41, 5.74) is 6.43. The van der Waals surface area contributed by atoms with Crippen LogP contribution < -0.4 is 10.5 Å². The molecule has 15 nitrogen and oxygen atoms in total. The first kappa shape index (κ1) is 41.9. The summed E-state index contributed by atoms with van der Waals surface area (Å²) in [7, 11) is 0. The SMILES string of the molecule is Nc1ccccc1OCCOCCOCCOCCOCCOCCOCCOCCOCCOCCOCCOCCC(=O)O. The number of carboxylic acid groups (broad SMARTS) is 1. The van der Waals surface area contributed by atoms with Gasteiger partial charge in [0.1, 0.15) is 12.4 Å². The first-order valence-electron chi connectivity index (χ1n) is 15.7. The predicted molar refractivity (Wildman–Crippen MR) is 168 cm³/mol. The maximum atomic E-state index is 10.3. The Morgan fingerprint density at radius 1 is 0.435 bits per heavy atom. The van der Waals surface area contributed by atoms with Crippen LogP contribution in [0.15, 0.2) is 24.3 Å². The van der Waals surface area contributed by atoms with Crippen LogP contribution in [0.2, 0.25) is 0 Å². The minimum absolute atomic E-state index is 0.00375. The van der Waals surface area contributed by atoms with Crippen molar-refractivity contribution < 1.29 is 66.7 Å². The number of nitrogen functional groups attached to an aromatic ring is 1. The van der Waals surface area contributed by atoms with Crippen LogP contribution in [-0.4, -0.2) is 163 Å².